The molecule has 0 radical (unpaired) electrons. The van der Waals surface area contributed by atoms with Crippen LogP contribution < -0.4 is 5.32 Å². The van der Waals surface area contributed by atoms with E-state index < -0.39 is 0 Å². The van der Waals surface area contributed by atoms with Crippen molar-refractivity contribution in [1.82, 2.24) is 30.3 Å². The van der Waals surface area contributed by atoms with Crippen LogP contribution >= 0.6 is 0 Å². The summed E-state index contributed by atoms with van der Waals surface area (Å²) in [7, 11) is 3.98. The van der Waals surface area contributed by atoms with Gasteiger partial charge < -0.3 is 15.2 Å². The third-order valence-corrected chi connectivity index (χ3v) is 6.25. The first kappa shape index (κ1) is 23.1. The van der Waals surface area contributed by atoms with Crippen molar-refractivity contribution in [2.24, 2.45) is 5.92 Å². The zero-order valence-corrected chi connectivity index (χ0v) is 19.6. The number of amides is 1. The van der Waals surface area contributed by atoms with E-state index in [1.807, 2.05) is 43.3 Å². The molecular weight excluding hydrogens is 412 g/mol. The van der Waals surface area contributed by atoms with Crippen LogP contribution in [0, 0.1) is 5.92 Å². The molecule has 1 amide bonds. The van der Waals surface area contributed by atoms with E-state index in [9.17, 15) is 4.79 Å². The zero-order chi connectivity index (χ0) is 23.0. The van der Waals surface area contributed by atoms with E-state index in [1.54, 1.807) is 0 Å². The normalized spacial score (nSPS) is 15.1. The number of nitrogens with zero attached hydrogens (tertiary/aromatic N) is 4. The van der Waals surface area contributed by atoms with E-state index in [0.717, 1.165) is 49.9 Å². The maximum atomic E-state index is 12.7. The molecule has 2 heterocycles. The minimum atomic E-state index is -0.0918. The Hall–Kier alpha value is -3.03. The summed E-state index contributed by atoms with van der Waals surface area (Å²) < 4.78 is 0. The summed E-state index contributed by atoms with van der Waals surface area (Å²) in [6.07, 6.45) is 3.56. The second-order valence-electron chi connectivity index (χ2n) is 9.13. The molecule has 4 rings (SSSR count). The van der Waals surface area contributed by atoms with Crippen molar-refractivity contribution >= 4 is 5.91 Å². The van der Waals surface area contributed by atoms with Gasteiger partial charge in [0.05, 0.1) is 12.1 Å². The molecule has 0 atom stereocenters. The molecule has 3 aromatic rings. The van der Waals surface area contributed by atoms with Crippen molar-refractivity contribution in [3.8, 4) is 11.4 Å². The fraction of sp³-hybridized carbons (Fsp3) is 0.423. The maximum absolute atomic E-state index is 12.7. The van der Waals surface area contributed by atoms with Crippen molar-refractivity contribution in [2.75, 3.05) is 40.3 Å². The van der Waals surface area contributed by atoms with Gasteiger partial charge in [0.2, 0.25) is 0 Å². The number of nitrogens with one attached hydrogen (secondary N) is 2. The molecule has 0 bridgehead atoms. The van der Waals surface area contributed by atoms with Crippen molar-refractivity contribution in [2.45, 2.75) is 25.8 Å². The third kappa shape index (κ3) is 6.49. The highest BCUT2D eigenvalue weighted by molar-refractivity contribution is 6.00. The van der Waals surface area contributed by atoms with Crippen LogP contribution in [-0.2, 0) is 13.0 Å². The molecule has 33 heavy (non-hydrogen) atoms. The SMILES string of the molecule is CN(C)CCNC(=O)c1ccccc1-c1nnc(CN2CCC(Cc3ccccc3)CC2)[nH]1. The molecule has 7 heteroatoms. The molecule has 1 fully saturated rings. The topological polar surface area (TPSA) is 77.2 Å². The summed E-state index contributed by atoms with van der Waals surface area (Å²) in [6.45, 7) is 4.28. The van der Waals surface area contributed by atoms with Crippen LogP contribution in [0.25, 0.3) is 11.4 Å². The fourth-order valence-corrected chi connectivity index (χ4v) is 4.37. The smallest absolute Gasteiger partial charge is 0.252 e. The molecular formula is C26H34N6O. The molecule has 2 N–H and O–H groups in total. The second kappa shape index (κ2) is 11.2. The number of aromatic amines is 1. The van der Waals surface area contributed by atoms with Gasteiger partial charge in [0.25, 0.3) is 5.91 Å². The summed E-state index contributed by atoms with van der Waals surface area (Å²) in [5.41, 5.74) is 2.82. The third-order valence-electron chi connectivity index (χ3n) is 6.25. The van der Waals surface area contributed by atoms with Gasteiger partial charge in [-0.2, -0.15) is 0 Å². The first-order valence-electron chi connectivity index (χ1n) is 11.8. The lowest BCUT2D eigenvalue weighted by Crippen LogP contribution is -2.34. The van der Waals surface area contributed by atoms with Crippen molar-refractivity contribution in [3.63, 3.8) is 0 Å². The number of carbonyl (C=O) groups excluding carboxylic acids is 1. The van der Waals surface area contributed by atoms with Gasteiger partial charge in [0.1, 0.15) is 5.82 Å². The second-order valence-corrected chi connectivity index (χ2v) is 9.13. The molecule has 1 aliphatic heterocycles. The number of H-pyrrole nitrogens is 1. The Morgan fingerprint density at radius 2 is 1.79 bits per heavy atom. The number of carbonyl (C=O) groups is 1. The Morgan fingerprint density at radius 1 is 1.06 bits per heavy atom. The van der Waals surface area contributed by atoms with Crippen LogP contribution in [0.2, 0.25) is 0 Å². The summed E-state index contributed by atoms with van der Waals surface area (Å²) >= 11 is 0. The number of likely N-dealkylation sites (tertiary alicyclic amines) is 1. The van der Waals surface area contributed by atoms with Crippen molar-refractivity contribution in [3.05, 3.63) is 71.5 Å². The van der Waals surface area contributed by atoms with Crippen molar-refractivity contribution in [1.29, 1.82) is 0 Å². The van der Waals surface area contributed by atoms with Gasteiger partial charge in [-0.3, -0.25) is 9.69 Å². The molecule has 1 aliphatic rings. The lowest BCUT2D eigenvalue weighted by Gasteiger charge is -2.31. The highest BCUT2D eigenvalue weighted by atomic mass is 16.1. The lowest BCUT2D eigenvalue weighted by atomic mass is 9.90. The largest absolute Gasteiger partial charge is 0.351 e. The molecule has 7 nitrogen and oxygen atoms in total. The van der Waals surface area contributed by atoms with Gasteiger partial charge in [-0.25, -0.2) is 0 Å². The monoisotopic (exact) mass is 446 g/mol. The van der Waals surface area contributed by atoms with Crippen LogP contribution in [0.4, 0.5) is 0 Å². The number of benzene rings is 2. The van der Waals surface area contributed by atoms with Gasteiger partial charge in [-0.15, -0.1) is 10.2 Å². The average Bonchev–Trinajstić information content (AvgIpc) is 3.29. The van der Waals surface area contributed by atoms with Crippen molar-refractivity contribution < 1.29 is 4.79 Å². The highest BCUT2D eigenvalue weighted by Crippen LogP contribution is 2.24. The first-order chi connectivity index (χ1) is 16.1. The maximum Gasteiger partial charge on any atom is 0.252 e. The Balaban J connectivity index is 1.33. The number of piperidine rings is 1. The standard InChI is InChI=1S/C26H34N6O/c1-31(2)17-14-27-26(33)23-11-7-6-10-22(23)25-28-24(29-30-25)19-32-15-12-21(13-16-32)18-20-8-4-3-5-9-20/h3-11,21H,12-19H2,1-2H3,(H,27,33)(H,28,29,30). The summed E-state index contributed by atoms with van der Waals surface area (Å²) in [5.74, 6) is 2.13. The van der Waals surface area contributed by atoms with E-state index in [1.165, 1.54) is 18.4 Å². The minimum Gasteiger partial charge on any atom is -0.351 e. The van der Waals surface area contributed by atoms with E-state index in [2.05, 4.69) is 55.7 Å². The van der Waals surface area contributed by atoms with Crippen LogP contribution in [-0.4, -0.2) is 71.2 Å². The fourth-order valence-electron chi connectivity index (χ4n) is 4.37. The van der Waals surface area contributed by atoms with Crippen LogP contribution in [0.3, 0.4) is 0 Å². The molecule has 2 aromatic carbocycles. The molecule has 174 valence electrons. The minimum absolute atomic E-state index is 0.0918. The molecule has 1 aromatic heterocycles. The van der Waals surface area contributed by atoms with E-state index in [-0.39, 0.29) is 5.91 Å². The Morgan fingerprint density at radius 3 is 2.55 bits per heavy atom. The Labute approximate surface area is 196 Å². The lowest BCUT2D eigenvalue weighted by molar-refractivity contribution is 0.0951. The predicted octanol–water partition coefficient (Wildman–Crippen LogP) is 3.22. The molecule has 1 saturated heterocycles. The van der Waals surface area contributed by atoms with Crippen LogP contribution in [0.1, 0.15) is 34.6 Å². The van der Waals surface area contributed by atoms with Gasteiger partial charge in [-0.1, -0.05) is 48.5 Å². The van der Waals surface area contributed by atoms with Gasteiger partial charge in [-0.05, 0) is 64.0 Å². The number of aromatic nitrogens is 3. The summed E-state index contributed by atoms with van der Waals surface area (Å²) in [6, 6.07) is 18.3. The van der Waals surface area contributed by atoms with Gasteiger partial charge in [0, 0.05) is 18.7 Å². The average molecular weight is 447 g/mol. The molecule has 0 unspecified atom stereocenters. The van der Waals surface area contributed by atoms with E-state index in [4.69, 9.17) is 0 Å². The molecule has 0 aliphatic carbocycles. The highest BCUT2D eigenvalue weighted by Gasteiger charge is 2.21. The van der Waals surface area contributed by atoms with Crippen LogP contribution in [0.5, 0.6) is 0 Å². The number of hydrogen-bond donors (Lipinski definition) is 2. The van der Waals surface area contributed by atoms with E-state index >= 15 is 0 Å². The van der Waals surface area contributed by atoms with Crippen LogP contribution in [0.15, 0.2) is 54.6 Å². The summed E-state index contributed by atoms with van der Waals surface area (Å²) in [4.78, 5) is 20.5. The Bertz CT molecular complexity index is 1020. The molecule has 0 spiro atoms. The predicted molar refractivity (Wildman–Crippen MR) is 131 cm³/mol. The van der Waals surface area contributed by atoms with Gasteiger partial charge >= 0.3 is 0 Å². The first-order valence-corrected chi connectivity index (χ1v) is 11.8. The van der Waals surface area contributed by atoms with Gasteiger partial charge in [0.15, 0.2) is 5.82 Å². The quantitative estimate of drug-likeness (QED) is 0.528. The summed E-state index contributed by atoms with van der Waals surface area (Å²) in [5, 5.41) is 11.7. The Kier molecular flexibility index (Phi) is 7.86. The van der Waals surface area contributed by atoms with E-state index in [0.29, 0.717) is 17.9 Å². The number of likely N-dealkylation sites (N-methyl/N-ethyl adjacent to an activating group) is 1. The number of hydrogen-bond acceptors (Lipinski definition) is 5. The molecule has 0 saturated carbocycles. The zero-order valence-electron chi connectivity index (χ0n) is 19.6. The number of rotatable bonds is 9.